The first-order chi connectivity index (χ1) is 17.0. The molecule has 0 unspecified atom stereocenters. The molecule has 2 heterocycles. The predicted octanol–water partition coefficient (Wildman–Crippen LogP) is 3.82. The molecule has 0 N–H and O–H groups in total. The van der Waals surface area contributed by atoms with Gasteiger partial charge in [-0.1, -0.05) is 42.5 Å². The third kappa shape index (κ3) is 4.40. The van der Waals surface area contributed by atoms with E-state index in [1.165, 1.54) is 24.6 Å². The normalized spacial score (nSPS) is 14.7. The Morgan fingerprint density at radius 1 is 0.771 bits per heavy atom. The average molecular weight is 491 g/mol. The fraction of sp³-hybridized carbons (Fsp3) is 0.231. The fourth-order valence-electron chi connectivity index (χ4n) is 4.37. The third-order valence-corrected chi connectivity index (χ3v) is 8.17. The van der Waals surface area contributed by atoms with Crippen molar-refractivity contribution in [2.45, 2.75) is 4.90 Å². The molecule has 5 rings (SSSR count). The highest BCUT2D eigenvalue weighted by Crippen LogP contribution is 2.31. The molecule has 1 saturated heterocycles. The van der Waals surface area contributed by atoms with Gasteiger partial charge in [0, 0.05) is 37.8 Å². The van der Waals surface area contributed by atoms with Crippen LogP contribution in [0.4, 0.5) is 5.82 Å². The summed E-state index contributed by atoms with van der Waals surface area (Å²) in [6.07, 6.45) is 0. The molecule has 9 heteroatoms. The molecule has 8 nitrogen and oxygen atoms in total. The number of aromatic nitrogens is 2. The molecule has 0 radical (unpaired) electrons. The van der Waals surface area contributed by atoms with E-state index in [0.717, 1.165) is 27.8 Å². The Balaban J connectivity index is 1.30. The molecule has 0 aliphatic carbocycles. The first-order valence-corrected chi connectivity index (χ1v) is 12.7. The van der Waals surface area contributed by atoms with Crippen molar-refractivity contribution in [2.24, 2.45) is 0 Å². The second-order valence-corrected chi connectivity index (χ2v) is 10.1. The molecule has 3 aromatic carbocycles. The maximum Gasteiger partial charge on any atom is 0.243 e. The highest BCUT2D eigenvalue weighted by Gasteiger charge is 2.30. The average Bonchev–Trinajstić information content (AvgIpc) is 2.92. The lowest BCUT2D eigenvalue weighted by molar-refractivity contribution is 0.353. The minimum absolute atomic E-state index is 0.183. The van der Waals surface area contributed by atoms with Crippen molar-refractivity contribution in [3.63, 3.8) is 0 Å². The standard InChI is InChI=1S/C26H26N4O4S/c1-33-24-12-10-20(18-25(24)34-2)35(31,32)30-16-14-29(15-17-30)26-13-11-23(27-28-26)22-9-5-7-19-6-3-4-8-21(19)22/h3-13,18H,14-17H2,1-2H3. The van der Waals surface area contributed by atoms with Gasteiger partial charge in [-0.2, -0.15) is 4.31 Å². The number of rotatable bonds is 6. The molecule has 35 heavy (non-hydrogen) atoms. The molecule has 0 bridgehead atoms. The van der Waals surface area contributed by atoms with Crippen molar-refractivity contribution in [3.8, 4) is 22.8 Å². The number of anilines is 1. The van der Waals surface area contributed by atoms with E-state index < -0.39 is 10.0 Å². The predicted molar refractivity (Wildman–Crippen MR) is 135 cm³/mol. The Morgan fingerprint density at radius 3 is 2.23 bits per heavy atom. The van der Waals surface area contributed by atoms with Gasteiger partial charge in [0.15, 0.2) is 17.3 Å². The van der Waals surface area contributed by atoms with Gasteiger partial charge >= 0.3 is 0 Å². The van der Waals surface area contributed by atoms with E-state index in [1.54, 1.807) is 12.1 Å². The van der Waals surface area contributed by atoms with E-state index in [0.29, 0.717) is 37.7 Å². The number of sulfonamides is 1. The van der Waals surface area contributed by atoms with Gasteiger partial charge in [0.05, 0.1) is 24.8 Å². The van der Waals surface area contributed by atoms with Crippen LogP contribution in [-0.4, -0.2) is 63.3 Å². The van der Waals surface area contributed by atoms with Crippen molar-refractivity contribution in [1.82, 2.24) is 14.5 Å². The van der Waals surface area contributed by atoms with E-state index in [2.05, 4.69) is 33.3 Å². The summed E-state index contributed by atoms with van der Waals surface area (Å²) in [6.45, 7) is 1.75. The molecule has 0 spiro atoms. The molecule has 4 aromatic rings. The van der Waals surface area contributed by atoms with Gasteiger partial charge in [0.25, 0.3) is 0 Å². The van der Waals surface area contributed by atoms with Gasteiger partial charge in [0.2, 0.25) is 10.0 Å². The van der Waals surface area contributed by atoms with Crippen molar-refractivity contribution in [2.75, 3.05) is 45.3 Å². The van der Waals surface area contributed by atoms with E-state index >= 15 is 0 Å². The molecule has 1 aliphatic rings. The van der Waals surface area contributed by atoms with E-state index in [-0.39, 0.29) is 4.90 Å². The van der Waals surface area contributed by atoms with Gasteiger partial charge in [-0.05, 0) is 35.0 Å². The first kappa shape index (κ1) is 23.1. The highest BCUT2D eigenvalue weighted by atomic mass is 32.2. The van der Waals surface area contributed by atoms with Crippen LogP contribution in [0.2, 0.25) is 0 Å². The summed E-state index contributed by atoms with van der Waals surface area (Å²) in [5, 5.41) is 11.2. The topological polar surface area (TPSA) is 84.9 Å². The summed E-state index contributed by atoms with van der Waals surface area (Å²) >= 11 is 0. The minimum atomic E-state index is -3.65. The Hall–Kier alpha value is -3.69. The van der Waals surface area contributed by atoms with Crippen LogP contribution in [0.25, 0.3) is 22.0 Å². The molecule has 0 amide bonds. The van der Waals surface area contributed by atoms with Crippen LogP contribution in [0.1, 0.15) is 0 Å². The summed E-state index contributed by atoms with van der Waals surface area (Å²) in [5.74, 6) is 1.60. The first-order valence-electron chi connectivity index (χ1n) is 11.3. The quantitative estimate of drug-likeness (QED) is 0.406. The fourth-order valence-corrected chi connectivity index (χ4v) is 5.81. The summed E-state index contributed by atoms with van der Waals surface area (Å²) < 4.78 is 38.4. The summed E-state index contributed by atoms with van der Waals surface area (Å²) in [4.78, 5) is 2.24. The zero-order chi connectivity index (χ0) is 24.4. The van der Waals surface area contributed by atoms with Gasteiger partial charge in [0.1, 0.15) is 0 Å². The Labute approximate surface area is 204 Å². The van der Waals surface area contributed by atoms with Gasteiger partial charge < -0.3 is 14.4 Å². The molecule has 0 saturated carbocycles. The van der Waals surface area contributed by atoms with Crippen LogP contribution in [0.15, 0.2) is 77.7 Å². The lowest BCUT2D eigenvalue weighted by Crippen LogP contribution is -2.49. The molecular formula is C26H26N4O4S. The maximum atomic E-state index is 13.2. The van der Waals surface area contributed by atoms with Crippen LogP contribution in [-0.2, 0) is 10.0 Å². The minimum Gasteiger partial charge on any atom is -0.493 e. The maximum absolute atomic E-state index is 13.2. The third-order valence-electron chi connectivity index (χ3n) is 6.27. The Bertz CT molecular complexity index is 1440. The lowest BCUT2D eigenvalue weighted by atomic mass is 10.0. The van der Waals surface area contributed by atoms with Crippen LogP contribution in [0.5, 0.6) is 11.5 Å². The van der Waals surface area contributed by atoms with Crippen molar-refractivity contribution < 1.29 is 17.9 Å². The zero-order valence-corrected chi connectivity index (χ0v) is 20.4. The summed E-state index contributed by atoms with van der Waals surface area (Å²) in [5.41, 5.74) is 1.84. The van der Waals surface area contributed by atoms with E-state index in [4.69, 9.17) is 9.47 Å². The monoisotopic (exact) mass is 490 g/mol. The molecule has 180 valence electrons. The summed E-state index contributed by atoms with van der Waals surface area (Å²) in [6, 6.07) is 22.9. The zero-order valence-electron chi connectivity index (χ0n) is 19.6. The second-order valence-electron chi connectivity index (χ2n) is 8.21. The van der Waals surface area contributed by atoms with Crippen LogP contribution < -0.4 is 14.4 Å². The molecule has 1 aromatic heterocycles. The summed E-state index contributed by atoms with van der Waals surface area (Å²) in [7, 11) is -0.651. The second kappa shape index (κ2) is 9.52. The van der Waals surface area contributed by atoms with Crippen LogP contribution >= 0.6 is 0 Å². The van der Waals surface area contributed by atoms with E-state index in [9.17, 15) is 8.42 Å². The largest absolute Gasteiger partial charge is 0.493 e. The Kier molecular flexibility index (Phi) is 6.27. The SMILES string of the molecule is COc1ccc(S(=O)(=O)N2CCN(c3ccc(-c4cccc5ccccc45)nn3)CC2)cc1OC. The molecule has 0 atom stereocenters. The Morgan fingerprint density at radius 2 is 1.51 bits per heavy atom. The van der Waals surface area contributed by atoms with Crippen LogP contribution in [0.3, 0.4) is 0 Å². The number of piperazine rings is 1. The number of nitrogens with zero attached hydrogens (tertiary/aromatic N) is 4. The number of ether oxygens (including phenoxy) is 2. The lowest BCUT2D eigenvalue weighted by Gasteiger charge is -2.34. The van der Waals surface area contributed by atoms with Crippen molar-refractivity contribution in [1.29, 1.82) is 0 Å². The smallest absolute Gasteiger partial charge is 0.243 e. The number of benzene rings is 3. The van der Waals surface area contributed by atoms with Gasteiger partial charge in [-0.15, -0.1) is 10.2 Å². The number of methoxy groups -OCH3 is 2. The molecular weight excluding hydrogens is 464 g/mol. The van der Waals surface area contributed by atoms with E-state index in [1.807, 2.05) is 36.4 Å². The van der Waals surface area contributed by atoms with Crippen molar-refractivity contribution in [3.05, 3.63) is 72.8 Å². The van der Waals surface area contributed by atoms with Gasteiger partial charge in [-0.3, -0.25) is 0 Å². The molecule has 1 aliphatic heterocycles. The number of fused-ring (bicyclic) bond motifs is 1. The molecule has 1 fully saturated rings. The number of hydrogen-bond acceptors (Lipinski definition) is 7. The van der Waals surface area contributed by atoms with Crippen LogP contribution in [0, 0.1) is 0 Å². The van der Waals surface area contributed by atoms with Gasteiger partial charge in [-0.25, -0.2) is 8.42 Å². The highest BCUT2D eigenvalue weighted by molar-refractivity contribution is 7.89. The number of hydrogen-bond donors (Lipinski definition) is 0. The van der Waals surface area contributed by atoms with Crippen molar-refractivity contribution >= 4 is 26.6 Å².